The van der Waals surface area contributed by atoms with Crippen molar-refractivity contribution in [2.24, 2.45) is 5.16 Å². The van der Waals surface area contributed by atoms with E-state index in [1.807, 2.05) is 4.90 Å². The van der Waals surface area contributed by atoms with Crippen LogP contribution >= 0.6 is 0 Å². The largest absolute Gasteiger partial charge is 0.387 e. The predicted octanol–water partition coefficient (Wildman–Crippen LogP) is 3.08. The highest BCUT2D eigenvalue weighted by atomic mass is 16.7. The molecule has 6 heteroatoms. The summed E-state index contributed by atoms with van der Waals surface area (Å²) in [6, 6.07) is 9.51. The second kappa shape index (κ2) is 8.67. The average Bonchev–Trinajstić information content (AvgIpc) is 3.34. The molecule has 1 aromatic rings. The molecule has 1 atom stereocenters. The van der Waals surface area contributed by atoms with Gasteiger partial charge in [-0.1, -0.05) is 43.3 Å². The number of hydrogen-bond acceptors (Lipinski definition) is 5. The summed E-state index contributed by atoms with van der Waals surface area (Å²) in [5.41, 5.74) is 3.00. The summed E-state index contributed by atoms with van der Waals surface area (Å²) in [6.07, 6.45) is 3.63. The Morgan fingerprint density at radius 3 is 2.53 bits per heavy atom. The Morgan fingerprint density at radius 2 is 1.90 bits per heavy atom. The lowest BCUT2D eigenvalue weighted by atomic mass is 9.95. The second-order valence-electron chi connectivity index (χ2n) is 9.83. The minimum absolute atomic E-state index is 0.0757. The average molecular weight is 413 g/mol. The van der Waals surface area contributed by atoms with E-state index in [9.17, 15) is 4.79 Å². The van der Waals surface area contributed by atoms with E-state index in [1.165, 1.54) is 11.1 Å². The Hall–Kier alpha value is -1.92. The van der Waals surface area contributed by atoms with Crippen LogP contribution in [0.4, 0.5) is 0 Å². The van der Waals surface area contributed by atoms with Crippen molar-refractivity contribution in [3.63, 3.8) is 0 Å². The summed E-state index contributed by atoms with van der Waals surface area (Å²) in [4.78, 5) is 25.5. The lowest BCUT2D eigenvalue weighted by molar-refractivity contribution is -0.125. The Labute approximate surface area is 180 Å². The van der Waals surface area contributed by atoms with Crippen molar-refractivity contribution in [2.45, 2.75) is 63.6 Å². The molecule has 1 aromatic carbocycles. The van der Waals surface area contributed by atoms with Crippen molar-refractivity contribution in [2.75, 3.05) is 40.3 Å². The molecule has 1 amide bonds. The molecule has 0 radical (unpaired) electrons. The molecule has 0 N–H and O–H groups in total. The Balaban J connectivity index is 1.29. The third-order valence-corrected chi connectivity index (χ3v) is 7.02. The first-order valence-corrected chi connectivity index (χ1v) is 11.4. The molecule has 1 spiro atoms. The minimum Gasteiger partial charge on any atom is -0.387 e. The van der Waals surface area contributed by atoms with Crippen molar-refractivity contribution < 1.29 is 9.63 Å². The molecule has 0 aliphatic carbocycles. The van der Waals surface area contributed by atoms with Gasteiger partial charge >= 0.3 is 0 Å². The first kappa shape index (κ1) is 21.3. The van der Waals surface area contributed by atoms with Crippen LogP contribution in [0.3, 0.4) is 0 Å². The molecular weight excluding hydrogens is 376 g/mol. The van der Waals surface area contributed by atoms with E-state index < -0.39 is 0 Å². The number of oxime groups is 1. The van der Waals surface area contributed by atoms with E-state index in [0.717, 1.165) is 52.0 Å². The first-order chi connectivity index (χ1) is 14.3. The standard InChI is InChI=1S/C24H36N4O2/c1-18(2)20-7-5-19(6-8-20)16-27-14-11-24(17-27)15-22(25-30-24)23(29)28-12-9-21(10-13-28)26(3)4/h5-8,18,21H,9-17H2,1-4H3/t24-/m0/s1. The van der Waals surface area contributed by atoms with E-state index in [0.29, 0.717) is 24.1 Å². The molecule has 0 bridgehead atoms. The SMILES string of the molecule is CC(C)c1ccc(CN2CC[C@]3(CC(C(=O)N4CCC(N(C)C)CC4)=NO3)C2)cc1. The van der Waals surface area contributed by atoms with Crippen LogP contribution < -0.4 is 0 Å². The summed E-state index contributed by atoms with van der Waals surface area (Å²) in [7, 11) is 4.23. The van der Waals surface area contributed by atoms with Crippen LogP contribution in [0, 0.1) is 0 Å². The molecule has 4 rings (SSSR count). The van der Waals surface area contributed by atoms with Crippen LogP contribution in [-0.4, -0.2) is 78.2 Å². The van der Waals surface area contributed by atoms with Gasteiger partial charge in [-0.15, -0.1) is 0 Å². The van der Waals surface area contributed by atoms with Crippen molar-refractivity contribution in [1.29, 1.82) is 0 Å². The smallest absolute Gasteiger partial charge is 0.271 e. The number of benzene rings is 1. The topological polar surface area (TPSA) is 48.4 Å². The lowest BCUT2D eigenvalue weighted by Crippen LogP contribution is -2.47. The van der Waals surface area contributed by atoms with Gasteiger partial charge in [0.05, 0.1) is 0 Å². The van der Waals surface area contributed by atoms with E-state index >= 15 is 0 Å². The number of amides is 1. The van der Waals surface area contributed by atoms with Gasteiger partial charge < -0.3 is 14.6 Å². The summed E-state index contributed by atoms with van der Waals surface area (Å²) in [5, 5.41) is 4.26. The van der Waals surface area contributed by atoms with Crippen LogP contribution in [0.15, 0.2) is 29.4 Å². The summed E-state index contributed by atoms with van der Waals surface area (Å²) in [5.74, 6) is 0.634. The maximum atomic E-state index is 13.0. The molecule has 2 fully saturated rings. The highest BCUT2D eigenvalue weighted by Crippen LogP contribution is 2.35. The third kappa shape index (κ3) is 4.54. The molecule has 3 aliphatic heterocycles. The third-order valence-electron chi connectivity index (χ3n) is 7.02. The zero-order valence-electron chi connectivity index (χ0n) is 18.9. The fourth-order valence-corrected chi connectivity index (χ4v) is 4.95. The predicted molar refractivity (Wildman–Crippen MR) is 120 cm³/mol. The summed E-state index contributed by atoms with van der Waals surface area (Å²) in [6.45, 7) is 8.81. The van der Waals surface area contributed by atoms with Gasteiger partial charge in [0.15, 0.2) is 5.60 Å². The number of carbonyl (C=O) groups excluding carboxylic acids is 1. The highest BCUT2D eigenvalue weighted by molar-refractivity contribution is 6.39. The van der Waals surface area contributed by atoms with Gasteiger partial charge in [0, 0.05) is 51.6 Å². The first-order valence-electron chi connectivity index (χ1n) is 11.4. The molecule has 3 heterocycles. The number of carbonyl (C=O) groups is 1. The number of nitrogens with zero attached hydrogens (tertiary/aromatic N) is 4. The quantitative estimate of drug-likeness (QED) is 0.746. The fourth-order valence-electron chi connectivity index (χ4n) is 4.95. The molecule has 164 valence electrons. The van der Waals surface area contributed by atoms with Gasteiger partial charge in [0.25, 0.3) is 5.91 Å². The molecule has 0 saturated carbocycles. The molecular formula is C24H36N4O2. The van der Waals surface area contributed by atoms with Crippen LogP contribution in [0.1, 0.15) is 56.6 Å². The van der Waals surface area contributed by atoms with Crippen LogP contribution in [-0.2, 0) is 16.2 Å². The Bertz CT molecular complexity index is 781. The minimum atomic E-state index is -0.315. The van der Waals surface area contributed by atoms with Gasteiger partial charge in [0.1, 0.15) is 5.71 Å². The molecule has 0 aromatic heterocycles. The van der Waals surface area contributed by atoms with E-state index in [-0.39, 0.29) is 11.5 Å². The molecule has 6 nitrogen and oxygen atoms in total. The summed E-state index contributed by atoms with van der Waals surface area (Å²) >= 11 is 0. The maximum Gasteiger partial charge on any atom is 0.271 e. The Kier molecular flexibility index (Phi) is 6.16. The molecule has 0 unspecified atom stereocenters. The van der Waals surface area contributed by atoms with Gasteiger partial charge in [0.2, 0.25) is 0 Å². The van der Waals surface area contributed by atoms with Crippen LogP contribution in [0.25, 0.3) is 0 Å². The molecule has 2 saturated heterocycles. The van der Waals surface area contributed by atoms with Crippen molar-refractivity contribution in [3.8, 4) is 0 Å². The Morgan fingerprint density at radius 1 is 1.20 bits per heavy atom. The van der Waals surface area contributed by atoms with Crippen molar-refractivity contribution in [1.82, 2.24) is 14.7 Å². The summed E-state index contributed by atoms with van der Waals surface area (Å²) < 4.78 is 0. The second-order valence-corrected chi connectivity index (χ2v) is 9.83. The van der Waals surface area contributed by atoms with Crippen molar-refractivity contribution in [3.05, 3.63) is 35.4 Å². The van der Waals surface area contributed by atoms with Gasteiger partial charge in [-0.25, -0.2) is 0 Å². The lowest BCUT2D eigenvalue weighted by Gasteiger charge is -2.35. The zero-order valence-corrected chi connectivity index (χ0v) is 18.9. The van der Waals surface area contributed by atoms with Crippen LogP contribution in [0.5, 0.6) is 0 Å². The van der Waals surface area contributed by atoms with E-state index in [2.05, 4.69) is 67.2 Å². The number of hydrogen-bond donors (Lipinski definition) is 0. The van der Waals surface area contributed by atoms with Crippen LogP contribution in [0.2, 0.25) is 0 Å². The monoisotopic (exact) mass is 412 g/mol. The van der Waals surface area contributed by atoms with Gasteiger partial charge in [-0.3, -0.25) is 9.69 Å². The normalized spacial score (nSPS) is 25.4. The fraction of sp³-hybridized carbons (Fsp3) is 0.667. The highest BCUT2D eigenvalue weighted by Gasteiger charge is 2.47. The maximum absolute atomic E-state index is 13.0. The number of rotatable bonds is 5. The van der Waals surface area contributed by atoms with E-state index in [1.54, 1.807) is 0 Å². The number of piperidine rings is 1. The van der Waals surface area contributed by atoms with E-state index in [4.69, 9.17) is 4.84 Å². The molecule has 30 heavy (non-hydrogen) atoms. The number of likely N-dealkylation sites (tertiary alicyclic amines) is 2. The zero-order chi connectivity index (χ0) is 21.3. The molecule has 3 aliphatic rings. The van der Waals surface area contributed by atoms with Gasteiger partial charge in [-0.05, 0) is 44.0 Å². The van der Waals surface area contributed by atoms with Gasteiger partial charge in [-0.2, -0.15) is 0 Å². The van der Waals surface area contributed by atoms with Crippen molar-refractivity contribution >= 4 is 11.6 Å².